The lowest BCUT2D eigenvalue weighted by atomic mass is 9.86. The number of quaternary nitrogens is 2. The van der Waals surface area contributed by atoms with Gasteiger partial charge in [-0.05, 0) is 43.7 Å². The van der Waals surface area contributed by atoms with Crippen molar-refractivity contribution in [2.24, 2.45) is 5.92 Å². The molecule has 2 atom stereocenters. The molecule has 160 valence electrons. The molecule has 29 heavy (non-hydrogen) atoms. The maximum Gasteiger partial charge on any atom is 0.279 e. The van der Waals surface area contributed by atoms with Crippen molar-refractivity contribution in [3.8, 4) is 0 Å². The number of piperazine rings is 1. The highest BCUT2D eigenvalue weighted by molar-refractivity contribution is 5.93. The van der Waals surface area contributed by atoms with Gasteiger partial charge < -0.3 is 20.4 Å². The lowest BCUT2D eigenvalue weighted by Gasteiger charge is -2.31. The van der Waals surface area contributed by atoms with Gasteiger partial charge in [0, 0.05) is 11.7 Å². The molecule has 3 rings (SSSR count). The summed E-state index contributed by atoms with van der Waals surface area (Å²) in [6.07, 6.45) is 4.87. The second-order valence-electron chi connectivity index (χ2n) is 9.10. The number of amides is 2. The van der Waals surface area contributed by atoms with E-state index < -0.39 is 0 Å². The number of para-hydroxylation sites is 1. The summed E-state index contributed by atoms with van der Waals surface area (Å²) in [5.41, 5.74) is 3.14. The molecule has 0 bridgehead atoms. The number of rotatable bonds is 6. The summed E-state index contributed by atoms with van der Waals surface area (Å²) in [5.74, 6) is 0.860. The summed E-state index contributed by atoms with van der Waals surface area (Å²) < 4.78 is 0. The van der Waals surface area contributed by atoms with Crippen LogP contribution in [0.1, 0.15) is 43.7 Å². The normalized spacial score (nSPS) is 27.3. The fourth-order valence-electron chi connectivity index (χ4n) is 4.75. The van der Waals surface area contributed by atoms with E-state index >= 15 is 0 Å². The Hall–Kier alpha value is -1.92. The van der Waals surface area contributed by atoms with Crippen molar-refractivity contribution < 1.29 is 19.4 Å². The predicted octanol–water partition coefficient (Wildman–Crippen LogP) is -0.280. The Morgan fingerprint density at radius 3 is 2.07 bits per heavy atom. The second-order valence-corrected chi connectivity index (χ2v) is 9.10. The Balaban J connectivity index is 1.38. The van der Waals surface area contributed by atoms with E-state index in [4.69, 9.17) is 0 Å². The molecule has 1 heterocycles. The average molecular weight is 403 g/mol. The van der Waals surface area contributed by atoms with Crippen LogP contribution < -0.4 is 20.4 Å². The van der Waals surface area contributed by atoms with Crippen molar-refractivity contribution >= 4 is 17.5 Å². The van der Waals surface area contributed by atoms with Gasteiger partial charge in [0.15, 0.2) is 13.1 Å². The number of hydrogen-bond donors (Lipinski definition) is 4. The van der Waals surface area contributed by atoms with Gasteiger partial charge in [0.1, 0.15) is 26.2 Å². The van der Waals surface area contributed by atoms with Gasteiger partial charge in [0.25, 0.3) is 11.8 Å². The molecule has 2 fully saturated rings. The van der Waals surface area contributed by atoms with Gasteiger partial charge in [0.2, 0.25) is 0 Å². The molecule has 2 amide bonds. The zero-order valence-electron chi connectivity index (χ0n) is 18.3. The van der Waals surface area contributed by atoms with Gasteiger partial charge in [-0.15, -0.1) is 0 Å². The van der Waals surface area contributed by atoms with Crippen LogP contribution in [-0.4, -0.2) is 57.1 Å². The highest BCUT2D eigenvalue weighted by atomic mass is 16.2. The molecule has 1 aliphatic heterocycles. The molecule has 0 spiro atoms. The molecular weight excluding hydrogens is 364 g/mol. The highest BCUT2D eigenvalue weighted by Crippen LogP contribution is 2.23. The third-order valence-corrected chi connectivity index (χ3v) is 6.69. The largest absolute Gasteiger partial charge is 0.348 e. The summed E-state index contributed by atoms with van der Waals surface area (Å²) in [6, 6.07) is 6.42. The van der Waals surface area contributed by atoms with E-state index in [0.717, 1.165) is 49.4 Å². The quantitative estimate of drug-likeness (QED) is 0.529. The van der Waals surface area contributed by atoms with Crippen molar-refractivity contribution in [3.05, 3.63) is 29.3 Å². The summed E-state index contributed by atoms with van der Waals surface area (Å²) in [5, 5.41) is 6.35. The van der Waals surface area contributed by atoms with E-state index in [2.05, 4.69) is 17.6 Å². The van der Waals surface area contributed by atoms with E-state index in [1.54, 1.807) is 0 Å². The van der Waals surface area contributed by atoms with Gasteiger partial charge in [-0.2, -0.15) is 0 Å². The van der Waals surface area contributed by atoms with Crippen LogP contribution in [0.5, 0.6) is 0 Å². The van der Waals surface area contributed by atoms with E-state index in [1.165, 1.54) is 29.1 Å². The molecule has 2 aliphatic rings. The SMILES string of the molecule is Cc1cccc(C)c1NC(=O)C[NH+]1CC[NH+](CC(=O)N[C@H]2CCCC[C@H]2C)CC1. The van der Waals surface area contributed by atoms with Crippen molar-refractivity contribution in [2.75, 3.05) is 44.6 Å². The van der Waals surface area contributed by atoms with Crippen LogP contribution in [0.25, 0.3) is 0 Å². The van der Waals surface area contributed by atoms with Crippen LogP contribution in [0.15, 0.2) is 18.2 Å². The first kappa shape index (κ1) is 21.8. The number of carbonyl (C=O) groups excluding carboxylic acids is 2. The lowest BCUT2D eigenvalue weighted by molar-refractivity contribution is -1.00. The van der Waals surface area contributed by atoms with Gasteiger partial charge >= 0.3 is 0 Å². The van der Waals surface area contributed by atoms with Crippen LogP contribution in [-0.2, 0) is 9.59 Å². The van der Waals surface area contributed by atoms with E-state index in [1.807, 2.05) is 32.0 Å². The van der Waals surface area contributed by atoms with E-state index in [9.17, 15) is 9.59 Å². The number of carbonyl (C=O) groups is 2. The lowest BCUT2D eigenvalue weighted by Crippen LogP contribution is -3.28. The fourth-order valence-corrected chi connectivity index (χ4v) is 4.75. The summed E-state index contributed by atoms with van der Waals surface area (Å²) in [6.45, 7) is 11.1. The molecule has 6 heteroatoms. The minimum Gasteiger partial charge on any atom is -0.348 e. The molecule has 0 aromatic heterocycles. The van der Waals surface area contributed by atoms with E-state index in [0.29, 0.717) is 25.0 Å². The molecule has 0 radical (unpaired) electrons. The molecule has 6 nitrogen and oxygen atoms in total. The van der Waals surface area contributed by atoms with Crippen molar-refractivity contribution in [1.82, 2.24) is 5.32 Å². The average Bonchev–Trinajstić information content (AvgIpc) is 2.68. The summed E-state index contributed by atoms with van der Waals surface area (Å²) >= 11 is 0. The first-order valence-corrected chi connectivity index (χ1v) is 11.2. The number of aryl methyl sites for hydroxylation is 2. The van der Waals surface area contributed by atoms with E-state index in [-0.39, 0.29) is 11.8 Å². The number of hydrogen-bond acceptors (Lipinski definition) is 2. The Bertz CT molecular complexity index is 693. The highest BCUT2D eigenvalue weighted by Gasteiger charge is 2.28. The molecule has 1 aromatic rings. The third kappa shape index (κ3) is 6.28. The molecule has 0 unspecified atom stereocenters. The van der Waals surface area contributed by atoms with Gasteiger partial charge in [-0.3, -0.25) is 9.59 Å². The predicted molar refractivity (Wildman–Crippen MR) is 115 cm³/mol. The first-order chi connectivity index (χ1) is 13.9. The van der Waals surface area contributed by atoms with Crippen molar-refractivity contribution in [2.45, 2.75) is 52.5 Å². The summed E-state index contributed by atoms with van der Waals surface area (Å²) in [7, 11) is 0. The minimum atomic E-state index is 0.0740. The molecular formula is C23H38N4O2+2. The maximum absolute atomic E-state index is 12.5. The standard InChI is InChI=1S/C23H36N4O2/c1-17-7-4-5-10-20(17)24-21(28)15-26-11-13-27(14-12-26)16-22(29)25-23-18(2)8-6-9-19(23)3/h6,8-9,17,20H,4-5,7,10-16H2,1-3H3,(H,24,28)(H,25,29)/p+2/t17-,20+/m1/s1. The monoisotopic (exact) mass is 402 g/mol. The molecule has 4 N–H and O–H groups in total. The molecule has 1 saturated carbocycles. The zero-order valence-corrected chi connectivity index (χ0v) is 18.3. The number of nitrogens with one attached hydrogen (secondary N) is 4. The molecule has 1 saturated heterocycles. The third-order valence-electron chi connectivity index (χ3n) is 6.69. The van der Waals surface area contributed by atoms with Crippen LogP contribution >= 0.6 is 0 Å². The molecule has 1 aromatic carbocycles. The van der Waals surface area contributed by atoms with Crippen molar-refractivity contribution in [1.29, 1.82) is 0 Å². The molecule has 1 aliphatic carbocycles. The van der Waals surface area contributed by atoms with Crippen LogP contribution in [0.3, 0.4) is 0 Å². The van der Waals surface area contributed by atoms with Crippen LogP contribution in [0.4, 0.5) is 5.69 Å². The Morgan fingerprint density at radius 1 is 0.931 bits per heavy atom. The fraction of sp³-hybridized carbons (Fsp3) is 0.652. The maximum atomic E-state index is 12.5. The smallest absolute Gasteiger partial charge is 0.279 e. The van der Waals surface area contributed by atoms with Crippen molar-refractivity contribution in [3.63, 3.8) is 0 Å². The minimum absolute atomic E-state index is 0.0740. The number of anilines is 1. The Morgan fingerprint density at radius 2 is 1.48 bits per heavy atom. The Kier molecular flexibility index (Phi) is 7.67. The van der Waals surface area contributed by atoms with Gasteiger partial charge in [-0.25, -0.2) is 0 Å². The summed E-state index contributed by atoms with van der Waals surface area (Å²) in [4.78, 5) is 27.6. The zero-order chi connectivity index (χ0) is 20.8. The second kappa shape index (κ2) is 10.2. The first-order valence-electron chi connectivity index (χ1n) is 11.2. The van der Waals surface area contributed by atoms with Gasteiger partial charge in [-0.1, -0.05) is 38.0 Å². The van der Waals surface area contributed by atoms with Crippen LogP contribution in [0, 0.1) is 19.8 Å². The van der Waals surface area contributed by atoms with Crippen LogP contribution in [0.2, 0.25) is 0 Å². The Labute approximate surface area is 175 Å². The number of benzene rings is 1. The van der Waals surface area contributed by atoms with Gasteiger partial charge in [0.05, 0.1) is 0 Å². The topological polar surface area (TPSA) is 67.1 Å².